The summed E-state index contributed by atoms with van der Waals surface area (Å²) in [4.78, 5) is 11.6. The van der Waals surface area contributed by atoms with Crippen molar-refractivity contribution in [3.63, 3.8) is 0 Å². The molecule has 2 aromatic carbocycles. The minimum absolute atomic E-state index is 0.00705. The van der Waals surface area contributed by atoms with E-state index in [1.807, 2.05) is 0 Å². The molecule has 0 aliphatic carbocycles. The van der Waals surface area contributed by atoms with Crippen LogP contribution >= 0.6 is 58.0 Å². The van der Waals surface area contributed by atoms with Gasteiger partial charge in [0, 0.05) is 5.56 Å². The predicted molar refractivity (Wildman–Crippen MR) is 92.8 cm³/mol. The van der Waals surface area contributed by atoms with E-state index in [0.717, 1.165) is 6.07 Å². The summed E-state index contributed by atoms with van der Waals surface area (Å²) in [5.74, 6) is -1.55. The molecule has 8 heteroatoms. The molecule has 0 N–H and O–H groups in total. The van der Waals surface area contributed by atoms with Gasteiger partial charge in [-0.25, -0.2) is 9.18 Å². The van der Waals surface area contributed by atoms with Gasteiger partial charge in [0.2, 0.25) is 0 Å². The first-order valence-corrected chi connectivity index (χ1v) is 8.17. The second kappa shape index (κ2) is 7.45. The average Bonchev–Trinajstić information content (AvgIpc) is 2.51. The number of rotatable bonds is 3. The van der Waals surface area contributed by atoms with Gasteiger partial charge in [0.05, 0.1) is 37.3 Å². The molecule has 0 aliphatic rings. The fraction of sp³-hybridized carbons (Fsp3) is 0.133. The van der Waals surface area contributed by atoms with Crippen LogP contribution in [0.25, 0.3) is 11.1 Å². The Morgan fingerprint density at radius 2 is 1.52 bits per heavy atom. The van der Waals surface area contributed by atoms with Crippen molar-refractivity contribution >= 4 is 64.0 Å². The van der Waals surface area contributed by atoms with Crippen molar-refractivity contribution in [1.29, 1.82) is 0 Å². The molecule has 2 aromatic rings. The van der Waals surface area contributed by atoms with E-state index in [0.29, 0.717) is 5.56 Å². The molecule has 0 radical (unpaired) electrons. The summed E-state index contributed by atoms with van der Waals surface area (Å²) in [7, 11) is 0. The highest BCUT2D eigenvalue weighted by Gasteiger charge is 2.22. The summed E-state index contributed by atoms with van der Waals surface area (Å²) in [6.45, 7) is 1.77. The van der Waals surface area contributed by atoms with Crippen LogP contribution in [-0.2, 0) is 4.74 Å². The van der Waals surface area contributed by atoms with Crippen molar-refractivity contribution in [2.45, 2.75) is 6.92 Å². The van der Waals surface area contributed by atoms with Crippen LogP contribution in [-0.4, -0.2) is 12.6 Å². The third kappa shape index (κ3) is 3.54. The fourth-order valence-electron chi connectivity index (χ4n) is 1.90. The molecule has 0 saturated carbocycles. The van der Waals surface area contributed by atoms with Crippen molar-refractivity contribution < 1.29 is 13.9 Å². The van der Waals surface area contributed by atoms with Crippen molar-refractivity contribution in [3.8, 4) is 11.1 Å². The summed E-state index contributed by atoms with van der Waals surface area (Å²) < 4.78 is 18.9. The maximum Gasteiger partial charge on any atom is 0.341 e. The molecule has 2 nitrogen and oxygen atoms in total. The first kappa shape index (κ1) is 18.6. The molecule has 0 unspecified atom stereocenters. The van der Waals surface area contributed by atoms with Crippen LogP contribution in [0.3, 0.4) is 0 Å². The van der Waals surface area contributed by atoms with Crippen molar-refractivity contribution in [2.24, 2.45) is 0 Å². The minimum atomic E-state index is -0.782. The molecule has 0 bridgehead atoms. The van der Waals surface area contributed by atoms with Gasteiger partial charge in [-0.3, -0.25) is 0 Å². The number of benzene rings is 2. The Bertz CT molecular complexity index is 763. The number of halogens is 6. The zero-order chi connectivity index (χ0) is 17.3. The highest BCUT2D eigenvalue weighted by molar-refractivity contribution is 6.56. The van der Waals surface area contributed by atoms with Gasteiger partial charge in [0.1, 0.15) is 5.82 Å². The number of esters is 1. The number of carbonyl (C=O) groups excluding carboxylic acids is 1. The molecule has 0 amide bonds. The fourth-order valence-corrected chi connectivity index (χ4v) is 3.26. The molecule has 0 heterocycles. The first-order chi connectivity index (χ1) is 10.8. The molecule has 0 atom stereocenters. The summed E-state index contributed by atoms with van der Waals surface area (Å²) in [6.07, 6.45) is 0. The van der Waals surface area contributed by atoms with Gasteiger partial charge < -0.3 is 4.74 Å². The van der Waals surface area contributed by atoms with E-state index < -0.39 is 11.8 Å². The Hall–Kier alpha value is -0.710. The van der Waals surface area contributed by atoms with Gasteiger partial charge in [-0.2, -0.15) is 0 Å². The Kier molecular flexibility index (Phi) is 6.04. The van der Waals surface area contributed by atoms with Crippen molar-refractivity contribution in [2.75, 3.05) is 6.61 Å². The van der Waals surface area contributed by atoms with Crippen LogP contribution < -0.4 is 0 Å². The van der Waals surface area contributed by atoms with Gasteiger partial charge in [-0.05, 0) is 24.6 Å². The number of hydrogen-bond acceptors (Lipinski definition) is 2. The number of hydrogen-bond donors (Lipinski definition) is 0. The van der Waals surface area contributed by atoms with E-state index in [1.54, 1.807) is 6.92 Å². The molecule has 0 spiro atoms. The van der Waals surface area contributed by atoms with Gasteiger partial charge in [-0.1, -0.05) is 64.1 Å². The predicted octanol–water partition coefficient (Wildman–Crippen LogP) is 6.94. The lowest BCUT2D eigenvalue weighted by Gasteiger charge is -2.13. The van der Waals surface area contributed by atoms with Crippen LogP contribution in [0.15, 0.2) is 18.2 Å². The summed E-state index contributed by atoms with van der Waals surface area (Å²) in [5.41, 5.74) is 0.321. The van der Waals surface area contributed by atoms with Crippen molar-refractivity contribution in [3.05, 3.63) is 54.7 Å². The Morgan fingerprint density at radius 1 is 1.00 bits per heavy atom. The molecule has 122 valence electrons. The Labute approximate surface area is 157 Å². The summed E-state index contributed by atoms with van der Waals surface area (Å²) >= 11 is 30.2. The van der Waals surface area contributed by atoms with Crippen LogP contribution in [0.1, 0.15) is 17.3 Å². The standard InChI is InChI=1S/C15H8Cl5FO2/c1-2-23-15(22)7-4-3-6(5-8(7)21)9-10(16)12(18)14(20)13(19)11(9)17/h3-5H,2H2,1H3. The maximum absolute atomic E-state index is 14.2. The van der Waals surface area contributed by atoms with Gasteiger partial charge >= 0.3 is 5.97 Å². The largest absolute Gasteiger partial charge is 0.462 e. The highest BCUT2D eigenvalue weighted by Crippen LogP contribution is 2.48. The third-order valence-corrected chi connectivity index (χ3v) is 5.24. The highest BCUT2D eigenvalue weighted by atomic mass is 35.5. The molecule has 0 aliphatic heterocycles. The van der Waals surface area contributed by atoms with E-state index >= 15 is 0 Å². The monoisotopic (exact) mass is 414 g/mol. The van der Waals surface area contributed by atoms with E-state index in [2.05, 4.69) is 0 Å². The van der Waals surface area contributed by atoms with Crippen LogP contribution in [0.5, 0.6) is 0 Å². The van der Waals surface area contributed by atoms with E-state index in [1.165, 1.54) is 12.1 Å². The normalized spacial score (nSPS) is 10.7. The Balaban J connectivity index is 2.61. The molecule has 0 fully saturated rings. The minimum Gasteiger partial charge on any atom is -0.462 e. The average molecular weight is 416 g/mol. The zero-order valence-corrected chi connectivity index (χ0v) is 15.3. The van der Waals surface area contributed by atoms with E-state index in [4.69, 9.17) is 62.7 Å². The molecule has 0 saturated heterocycles. The maximum atomic E-state index is 14.2. The molecule has 2 rings (SSSR count). The van der Waals surface area contributed by atoms with Gasteiger partial charge in [0.25, 0.3) is 0 Å². The van der Waals surface area contributed by atoms with Crippen LogP contribution in [0.4, 0.5) is 4.39 Å². The van der Waals surface area contributed by atoms with E-state index in [9.17, 15) is 9.18 Å². The number of carbonyl (C=O) groups is 1. The zero-order valence-electron chi connectivity index (χ0n) is 11.5. The van der Waals surface area contributed by atoms with E-state index in [-0.39, 0.29) is 42.8 Å². The van der Waals surface area contributed by atoms with Gasteiger partial charge in [-0.15, -0.1) is 0 Å². The second-order valence-electron chi connectivity index (χ2n) is 4.36. The summed E-state index contributed by atoms with van der Waals surface area (Å²) in [6, 6.07) is 3.83. The molecular formula is C15H8Cl5FO2. The smallest absolute Gasteiger partial charge is 0.341 e. The first-order valence-electron chi connectivity index (χ1n) is 6.28. The summed E-state index contributed by atoms with van der Waals surface area (Å²) in [5, 5.41) is 0.0969. The SMILES string of the molecule is CCOC(=O)c1ccc(-c2c(Cl)c(Cl)c(Cl)c(Cl)c2Cl)cc1F. The van der Waals surface area contributed by atoms with Crippen molar-refractivity contribution in [1.82, 2.24) is 0 Å². The van der Waals surface area contributed by atoms with Crippen LogP contribution in [0, 0.1) is 5.82 Å². The molecule has 23 heavy (non-hydrogen) atoms. The van der Waals surface area contributed by atoms with Gasteiger partial charge in [0.15, 0.2) is 0 Å². The lowest BCUT2D eigenvalue weighted by molar-refractivity contribution is 0.0521. The molecular weight excluding hydrogens is 408 g/mol. The molecule has 0 aromatic heterocycles. The van der Waals surface area contributed by atoms with Crippen LogP contribution in [0.2, 0.25) is 25.1 Å². The lowest BCUT2D eigenvalue weighted by Crippen LogP contribution is -2.07. The topological polar surface area (TPSA) is 26.3 Å². The quantitative estimate of drug-likeness (QED) is 0.308. The second-order valence-corrected chi connectivity index (χ2v) is 6.25. The Morgan fingerprint density at radius 3 is 2.00 bits per heavy atom. The lowest BCUT2D eigenvalue weighted by atomic mass is 10.0. The number of ether oxygens (including phenoxy) is 1. The third-order valence-electron chi connectivity index (χ3n) is 2.96.